The SMILES string of the molecule is CN1CCC2(CC1)CN(C(=O)C(O)c1cccc(F)c1)CCO2.O=CO. The van der Waals surface area contributed by atoms with E-state index in [1.807, 2.05) is 0 Å². The van der Waals surface area contributed by atoms with Crippen molar-refractivity contribution < 1.29 is 28.9 Å². The van der Waals surface area contributed by atoms with Gasteiger partial charge in [0.25, 0.3) is 12.4 Å². The van der Waals surface area contributed by atoms with Gasteiger partial charge in [-0.2, -0.15) is 0 Å². The van der Waals surface area contributed by atoms with Crippen LogP contribution in [0.4, 0.5) is 4.39 Å². The van der Waals surface area contributed by atoms with Crippen LogP contribution in [0.15, 0.2) is 24.3 Å². The maximum Gasteiger partial charge on any atom is 0.290 e. The highest BCUT2D eigenvalue weighted by Gasteiger charge is 2.41. The second-order valence-electron chi connectivity index (χ2n) is 6.66. The number of hydrogen-bond donors (Lipinski definition) is 2. The van der Waals surface area contributed by atoms with Crippen molar-refractivity contribution in [3.8, 4) is 0 Å². The molecule has 1 atom stereocenters. The Morgan fingerprint density at radius 3 is 2.62 bits per heavy atom. The average molecular weight is 368 g/mol. The van der Waals surface area contributed by atoms with E-state index in [0.29, 0.717) is 25.3 Å². The van der Waals surface area contributed by atoms with Crippen molar-refractivity contribution in [2.45, 2.75) is 24.5 Å². The zero-order valence-electron chi connectivity index (χ0n) is 14.8. The Morgan fingerprint density at radius 1 is 1.35 bits per heavy atom. The number of amides is 1. The van der Waals surface area contributed by atoms with E-state index < -0.39 is 11.9 Å². The quantitative estimate of drug-likeness (QED) is 0.754. The van der Waals surface area contributed by atoms with Crippen molar-refractivity contribution >= 4 is 12.4 Å². The van der Waals surface area contributed by atoms with Crippen molar-refractivity contribution in [3.63, 3.8) is 0 Å². The first-order valence-corrected chi connectivity index (χ1v) is 8.53. The number of nitrogens with zero attached hydrogens (tertiary/aromatic N) is 2. The van der Waals surface area contributed by atoms with Gasteiger partial charge in [-0.05, 0) is 37.6 Å². The molecule has 2 aliphatic heterocycles. The molecule has 1 aromatic rings. The summed E-state index contributed by atoms with van der Waals surface area (Å²) in [5.41, 5.74) is -0.0128. The van der Waals surface area contributed by atoms with Crippen LogP contribution in [0.5, 0.6) is 0 Å². The van der Waals surface area contributed by atoms with Gasteiger partial charge in [0, 0.05) is 26.2 Å². The number of aliphatic hydroxyl groups is 1. The number of benzene rings is 1. The molecule has 0 radical (unpaired) electrons. The van der Waals surface area contributed by atoms with E-state index in [1.54, 1.807) is 11.0 Å². The third-order valence-electron chi connectivity index (χ3n) is 4.86. The standard InChI is InChI=1S/C17H23FN2O3.CH2O2/c1-19-7-5-17(6-8-19)12-20(9-10-23-17)16(22)15(21)13-3-2-4-14(18)11-13;2-1-3/h2-4,11,15,21H,5-10,12H2,1H3;1H,(H,2,3). The maximum atomic E-state index is 13.3. The van der Waals surface area contributed by atoms with Crippen LogP contribution in [0.3, 0.4) is 0 Å². The third-order valence-corrected chi connectivity index (χ3v) is 4.86. The predicted octanol–water partition coefficient (Wildman–Crippen LogP) is 0.883. The lowest BCUT2D eigenvalue weighted by atomic mass is 9.89. The van der Waals surface area contributed by atoms with Gasteiger partial charge in [0.15, 0.2) is 6.10 Å². The number of hydrogen-bond acceptors (Lipinski definition) is 5. The molecule has 0 aromatic heterocycles. The van der Waals surface area contributed by atoms with Crippen molar-refractivity contribution in [2.75, 3.05) is 39.8 Å². The number of aliphatic hydroxyl groups excluding tert-OH is 1. The summed E-state index contributed by atoms with van der Waals surface area (Å²) in [6.07, 6.45) is 0.430. The number of rotatable bonds is 2. The number of carbonyl (C=O) groups excluding carboxylic acids is 1. The van der Waals surface area contributed by atoms with Crippen LogP contribution in [0.2, 0.25) is 0 Å². The molecule has 3 rings (SSSR count). The normalized spacial score (nSPS) is 20.8. The highest BCUT2D eigenvalue weighted by molar-refractivity contribution is 5.82. The number of morpholine rings is 1. The highest BCUT2D eigenvalue weighted by atomic mass is 19.1. The fourth-order valence-corrected chi connectivity index (χ4v) is 3.35. The number of piperidine rings is 1. The van der Waals surface area contributed by atoms with Crippen LogP contribution in [-0.4, -0.2) is 77.8 Å². The van der Waals surface area contributed by atoms with Gasteiger partial charge in [-0.1, -0.05) is 12.1 Å². The predicted molar refractivity (Wildman–Crippen MR) is 92.0 cm³/mol. The highest BCUT2D eigenvalue weighted by Crippen LogP contribution is 2.31. The van der Waals surface area contributed by atoms with Crippen LogP contribution in [0.25, 0.3) is 0 Å². The van der Waals surface area contributed by atoms with Crippen molar-refractivity contribution in [1.82, 2.24) is 9.80 Å². The molecular formula is C18H25FN2O5. The topological polar surface area (TPSA) is 90.3 Å². The van der Waals surface area contributed by atoms with Crippen molar-refractivity contribution in [1.29, 1.82) is 0 Å². The van der Waals surface area contributed by atoms with Gasteiger partial charge in [-0.15, -0.1) is 0 Å². The molecule has 2 heterocycles. The second-order valence-corrected chi connectivity index (χ2v) is 6.66. The zero-order valence-corrected chi connectivity index (χ0v) is 14.8. The molecule has 2 saturated heterocycles. The Balaban J connectivity index is 0.000000758. The zero-order chi connectivity index (χ0) is 19.2. The van der Waals surface area contributed by atoms with E-state index in [9.17, 15) is 14.3 Å². The maximum absolute atomic E-state index is 13.3. The smallest absolute Gasteiger partial charge is 0.290 e. The molecule has 1 unspecified atom stereocenters. The Kier molecular flexibility index (Phi) is 7.07. The molecule has 2 aliphatic rings. The van der Waals surface area contributed by atoms with Gasteiger partial charge in [-0.3, -0.25) is 9.59 Å². The lowest BCUT2D eigenvalue weighted by Gasteiger charge is -2.47. The molecule has 0 saturated carbocycles. The van der Waals surface area contributed by atoms with E-state index >= 15 is 0 Å². The Labute approximate surface area is 152 Å². The minimum atomic E-state index is -1.33. The van der Waals surface area contributed by atoms with Gasteiger partial charge < -0.3 is 24.7 Å². The summed E-state index contributed by atoms with van der Waals surface area (Å²) in [5, 5.41) is 17.2. The van der Waals surface area contributed by atoms with Crippen molar-refractivity contribution in [3.05, 3.63) is 35.6 Å². The van der Waals surface area contributed by atoms with Gasteiger partial charge >= 0.3 is 0 Å². The largest absolute Gasteiger partial charge is 0.483 e. The van der Waals surface area contributed by atoms with E-state index in [1.165, 1.54) is 18.2 Å². The second kappa shape index (κ2) is 9.07. The first-order valence-electron chi connectivity index (χ1n) is 8.53. The summed E-state index contributed by atoms with van der Waals surface area (Å²) in [4.78, 5) is 24.9. The first kappa shape index (κ1) is 20.3. The third kappa shape index (κ3) is 5.00. The lowest BCUT2D eigenvalue weighted by Crippen LogP contribution is -2.58. The van der Waals surface area contributed by atoms with E-state index in [-0.39, 0.29) is 18.0 Å². The minimum absolute atomic E-state index is 0.250. The monoisotopic (exact) mass is 368 g/mol. The van der Waals surface area contributed by atoms with Gasteiger partial charge in [0.2, 0.25) is 0 Å². The molecule has 2 N–H and O–H groups in total. The number of halogens is 1. The molecule has 0 bridgehead atoms. The van der Waals surface area contributed by atoms with Crippen molar-refractivity contribution in [2.24, 2.45) is 0 Å². The van der Waals surface area contributed by atoms with E-state index in [4.69, 9.17) is 14.6 Å². The van der Waals surface area contributed by atoms with Crippen LogP contribution in [0.1, 0.15) is 24.5 Å². The Hall–Kier alpha value is -2.03. The molecule has 0 aliphatic carbocycles. The van der Waals surface area contributed by atoms with Gasteiger partial charge in [0.1, 0.15) is 5.82 Å². The molecule has 1 spiro atoms. The Morgan fingerprint density at radius 2 is 2.00 bits per heavy atom. The fourth-order valence-electron chi connectivity index (χ4n) is 3.35. The van der Waals surface area contributed by atoms with Crippen LogP contribution >= 0.6 is 0 Å². The average Bonchev–Trinajstić information content (AvgIpc) is 2.64. The van der Waals surface area contributed by atoms with Crippen LogP contribution in [0, 0.1) is 5.82 Å². The number of carboxylic acid groups (broad SMARTS) is 1. The fraction of sp³-hybridized carbons (Fsp3) is 0.556. The summed E-state index contributed by atoms with van der Waals surface area (Å²) in [7, 11) is 2.08. The molecule has 1 amide bonds. The molecule has 8 heteroatoms. The summed E-state index contributed by atoms with van der Waals surface area (Å²) in [6.45, 7) is 3.06. The molecule has 144 valence electrons. The van der Waals surface area contributed by atoms with Crippen LogP contribution < -0.4 is 0 Å². The summed E-state index contributed by atoms with van der Waals surface area (Å²) >= 11 is 0. The van der Waals surface area contributed by atoms with Gasteiger partial charge in [-0.25, -0.2) is 4.39 Å². The summed E-state index contributed by atoms with van der Waals surface area (Å²) in [5.74, 6) is -0.833. The molecular weight excluding hydrogens is 343 g/mol. The summed E-state index contributed by atoms with van der Waals surface area (Å²) < 4.78 is 19.3. The van der Waals surface area contributed by atoms with E-state index in [2.05, 4.69) is 11.9 Å². The Bertz CT molecular complexity index is 619. The molecule has 2 fully saturated rings. The van der Waals surface area contributed by atoms with Gasteiger partial charge in [0.05, 0.1) is 12.2 Å². The molecule has 26 heavy (non-hydrogen) atoms. The minimum Gasteiger partial charge on any atom is -0.483 e. The molecule has 7 nitrogen and oxygen atoms in total. The lowest BCUT2D eigenvalue weighted by molar-refractivity contribution is -0.165. The number of carbonyl (C=O) groups is 2. The number of ether oxygens (including phenoxy) is 1. The summed E-state index contributed by atoms with van der Waals surface area (Å²) in [6, 6.07) is 5.56. The van der Waals surface area contributed by atoms with Crippen LogP contribution in [-0.2, 0) is 14.3 Å². The first-order chi connectivity index (χ1) is 12.4. The number of likely N-dealkylation sites (tertiary alicyclic amines) is 1. The molecule has 1 aromatic carbocycles. The van der Waals surface area contributed by atoms with E-state index in [0.717, 1.165) is 25.9 Å².